The first-order valence-electron chi connectivity index (χ1n) is 9.23. The molecule has 1 aromatic carbocycles. The number of esters is 1. The average Bonchev–Trinajstić information content (AvgIpc) is 2.66. The van der Waals surface area contributed by atoms with Gasteiger partial charge in [0.2, 0.25) is 0 Å². The highest BCUT2D eigenvalue weighted by atomic mass is 16.6. The van der Waals surface area contributed by atoms with Crippen LogP contribution >= 0.6 is 0 Å². The van der Waals surface area contributed by atoms with Crippen molar-refractivity contribution in [1.29, 1.82) is 0 Å². The number of carbonyl (C=O) groups is 1. The second kappa shape index (κ2) is 9.50. The van der Waals surface area contributed by atoms with E-state index in [1.807, 2.05) is 6.07 Å². The summed E-state index contributed by atoms with van der Waals surface area (Å²) in [5.41, 5.74) is 1.93. The van der Waals surface area contributed by atoms with Crippen LogP contribution in [0.5, 0.6) is 0 Å². The minimum Gasteiger partial charge on any atom is -0.466 e. The van der Waals surface area contributed by atoms with Gasteiger partial charge in [-0.15, -0.1) is 0 Å². The van der Waals surface area contributed by atoms with E-state index in [2.05, 4.69) is 23.5 Å². The van der Waals surface area contributed by atoms with Gasteiger partial charge in [-0.05, 0) is 42.9 Å². The maximum Gasteiger partial charge on any atom is 0.330 e. The van der Waals surface area contributed by atoms with Gasteiger partial charge in [0.25, 0.3) is 5.69 Å². The molecule has 2 rings (SSSR count). The van der Waals surface area contributed by atoms with Crippen molar-refractivity contribution in [3.8, 4) is 0 Å². The van der Waals surface area contributed by atoms with E-state index in [1.165, 1.54) is 19.3 Å². The molecule has 1 heterocycles. The second-order valence-corrected chi connectivity index (χ2v) is 7.20. The van der Waals surface area contributed by atoms with Crippen LogP contribution in [0.4, 0.5) is 11.4 Å². The average molecular weight is 376 g/mol. The second-order valence-electron chi connectivity index (χ2n) is 7.20. The summed E-state index contributed by atoms with van der Waals surface area (Å²) >= 11 is 0. The van der Waals surface area contributed by atoms with E-state index in [0.717, 1.165) is 19.4 Å². The van der Waals surface area contributed by atoms with Crippen molar-refractivity contribution in [1.82, 2.24) is 0 Å². The molecule has 0 radical (unpaired) electrons. The van der Waals surface area contributed by atoms with Gasteiger partial charge in [0, 0.05) is 37.9 Å². The zero-order chi connectivity index (χ0) is 20.0. The molecule has 0 atom stereocenters. The highest BCUT2D eigenvalue weighted by molar-refractivity contribution is 5.91. The van der Waals surface area contributed by atoms with Crippen LogP contribution in [0.2, 0.25) is 0 Å². The molecule has 1 aliphatic rings. The largest absolute Gasteiger partial charge is 0.466 e. The number of benzene rings is 1. The number of ether oxygens (including phenoxy) is 2. The molecule has 27 heavy (non-hydrogen) atoms. The van der Waals surface area contributed by atoms with Crippen LogP contribution in [0.25, 0.3) is 5.57 Å². The van der Waals surface area contributed by atoms with Gasteiger partial charge in [0.1, 0.15) is 5.69 Å². The van der Waals surface area contributed by atoms with E-state index in [-0.39, 0.29) is 16.7 Å². The molecule has 0 aliphatic carbocycles. The molecule has 0 N–H and O–H groups in total. The van der Waals surface area contributed by atoms with Crippen LogP contribution in [0, 0.1) is 16.0 Å². The van der Waals surface area contributed by atoms with Crippen molar-refractivity contribution >= 4 is 22.9 Å². The Bertz CT molecular complexity index is 708. The number of hydrogen-bond acceptors (Lipinski definition) is 6. The summed E-state index contributed by atoms with van der Waals surface area (Å²) in [6.45, 7) is 8.03. The molecule has 148 valence electrons. The van der Waals surface area contributed by atoms with E-state index in [1.54, 1.807) is 13.0 Å². The number of anilines is 1. The minimum atomic E-state index is -0.483. The first-order chi connectivity index (χ1) is 12.8. The molecule has 0 spiro atoms. The van der Waals surface area contributed by atoms with E-state index in [9.17, 15) is 14.9 Å². The van der Waals surface area contributed by atoms with Crippen LogP contribution in [0.1, 0.15) is 39.2 Å². The van der Waals surface area contributed by atoms with E-state index >= 15 is 0 Å². The molecule has 1 fully saturated rings. The van der Waals surface area contributed by atoms with Crippen molar-refractivity contribution in [3.05, 3.63) is 40.0 Å². The zero-order valence-corrected chi connectivity index (χ0v) is 16.4. The van der Waals surface area contributed by atoms with Crippen molar-refractivity contribution in [2.45, 2.75) is 39.7 Å². The summed E-state index contributed by atoms with van der Waals surface area (Å²) in [7, 11) is 1.30. The molecule has 1 aliphatic heterocycles. The molecule has 0 saturated carbocycles. The summed E-state index contributed by atoms with van der Waals surface area (Å²) in [5.74, 6) is -0.115. The monoisotopic (exact) mass is 376 g/mol. The van der Waals surface area contributed by atoms with Gasteiger partial charge in [-0.2, -0.15) is 0 Å². The topological polar surface area (TPSA) is 81.9 Å². The van der Waals surface area contributed by atoms with Gasteiger partial charge in [0.15, 0.2) is 0 Å². The third-order valence-corrected chi connectivity index (χ3v) is 4.67. The molecule has 1 aromatic rings. The van der Waals surface area contributed by atoms with Crippen LogP contribution in [-0.4, -0.2) is 43.8 Å². The highest BCUT2D eigenvalue weighted by Gasteiger charge is 2.28. The van der Waals surface area contributed by atoms with Crippen LogP contribution in [0.15, 0.2) is 24.3 Å². The number of hydrogen-bond donors (Lipinski definition) is 0. The Morgan fingerprint density at radius 3 is 2.63 bits per heavy atom. The van der Waals surface area contributed by atoms with Crippen molar-refractivity contribution in [3.63, 3.8) is 0 Å². The van der Waals surface area contributed by atoms with Gasteiger partial charge in [-0.3, -0.25) is 10.1 Å². The number of rotatable bonds is 7. The van der Waals surface area contributed by atoms with Gasteiger partial charge < -0.3 is 14.4 Å². The lowest BCUT2D eigenvalue weighted by atomic mass is 10.0. The Balaban J connectivity index is 2.44. The lowest BCUT2D eigenvalue weighted by Crippen LogP contribution is -2.42. The third-order valence-electron chi connectivity index (χ3n) is 4.67. The lowest BCUT2D eigenvalue weighted by Gasteiger charge is -2.37. The van der Waals surface area contributed by atoms with Crippen molar-refractivity contribution < 1.29 is 19.2 Å². The maximum atomic E-state index is 11.8. The minimum absolute atomic E-state index is 0.0530. The zero-order valence-electron chi connectivity index (χ0n) is 16.4. The molecule has 0 unspecified atom stereocenters. The number of nitrogens with zero attached hydrogens (tertiary/aromatic N) is 2. The Morgan fingerprint density at radius 2 is 2.07 bits per heavy atom. The molecule has 7 nitrogen and oxygen atoms in total. The quantitative estimate of drug-likeness (QED) is 0.311. The normalized spacial score (nSPS) is 15.7. The van der Waals surface area contributed by atoms with Crippen LogP contribution in [0.3, 0.4) is 0 Å². The number of nitro groups is 1. The number of nitro benzene ring substituents is 1. The summed E-state index contributed by atoms with van der Waals surface area (Å²) in [4.78, 5) is 25.1. The molecule has 0 aromatic heterocycles. The molecular formula is C20H28N2O5. The Kier molecular flexibility index (Phi) is 7.36. The van der Waals surface area contributed by atoms with Crippen molar-refractivity contribution in [2.24, 2.45) is 5.92 Å². The van der Waals surface area contributed by atoms with Gasteiger partial charge >= 0.3 is 5.97 Å². The fraction of sp³-hybridized carbons (Fsp3) is 0.550. The Morgan fingerprint density at radius 1 is 1.41 bits per heavy atom. The SMILES string of the molecule is COC(=O)/C=C(\C)c1ccc(N(CC(C)C)C2CCOCC2)c([N+](=O)[O-])c1. The molecule has 1 saturated heterocycles. The molecule has 0 amide bonds. The highest BCUT2D eigenvalue weighted by Crippen LogP contribution is 2.35. The predicted molar refractivity (Wildman–Crippen MR) is 105 cm³/mol. The Hall–Kier alpha value is -2.41. The summed E-state index contributed by atoms with van der Waals surface area (Å²) < 4.78 is 10.1. The van der Waals surface area contributed by atoms with Crippen LogP contribution < -0.4 is 4.90 Å². The van der Waals surface area contributed by atoms with Crippen LogP contribution in [-0.2, 0) is 14.3 Å². The van der Waals surface area contributed by atoms with Gasteiger partial charge in [-0.1, -0.05) is 19.9 Å². The maximum absolute atomic E-state index is 11.8. The lowest BCUT2D eigenvalue weighted by molar-refractivity contribution is -0.384. The fourth-order valence-corrected chi connectivity index (χ4v) is 3.31. The summed E-state index contributed by atoms with van der Waals surface area (Å²) in [5, 5.41) is 11.8. The molecule has 7 heteroatoms. The first-order valence-corrected chi connectivity index (χ1v) is 9.23. The summed E-state index contributed by atoms with van der Waals surface area (Å²) in [6.07, 6.45) is 3.04. The standard InChI is InChI=1S/C20H28N2O5/c1-14(2)13-21(17-7-9-27-10-8-17)18-6-5-16(12-19(18)22(24)25)15(3)11-20(23)26-4/h5-6,11-12,14,17H,7-10,13H2,1-4H3/b15-11+. The van der Waals surface area contributed by atoms with E-state index < -0.39 is 5.97 Å². The Labute approximate surface area is 160 Å². The predicted octanol–water partition coefficient (Wildman–Crippen LogP) is 3.81. The number of allylic oxidation sites excluding steroid dienone is 1. The van der Waals surface area contributed by atoms with Crippen molar-refractivity contribution in [2.75, 3.05) is 31.8 Å². The molecule has 0 bridgehead atoms. The first kappa shape index (κ1) is 20.9. The number of carbonyl (C=O) groups excluding carboxylic acids is 1. The van der Waals surface area contributed by atoms with Gasteiger partial charge in [-0.25, -0.2) is 4.79 Å². The fourth-order valence-electron chi connectivity index (χ4n) is 3.31. The molecular weight excluding hydrogens is 348 g/mol. The number of methoxy groups -OCH3 is 1. The van der Waals surface area contributed by atoms with Gasteiger partial charge in [0.05, 0.1) is 12.0 Å². The van der Waals surface area contributed by atoms with E-state index in [4.69, 9.17) is 4.74 Å². The summed E-state index contributed by atoms with van der Waals surface area (Å²) in [6, 6.07) is 5.37. The van der Waals surface area contributed by atoms with E-state index in [0.29, 0.717) is 36.0 Å². The smallest absolute Gasteiger partial charge is 0.330 e. The third kappa shape index (κ3) is 5.53.